The molecule has 0 unspecified atom stereocenters. The molecule has 0 atom stereocenters. The molecule has 51 heavy (non-hydrogen) atoms. The Morgan fingerprint density at radius 2 is 1.02 bits per heavy atom. The Morgan fingerprint density at radius 3 is 1.84 bits per heavy atom. The molecule has 0 saturated heterocycles. The van der Waals surface area contributed by atoms with Gasteiger partial charge in [-0.2, -0.15) is 0 Å². The topological polar surface area (TPSA) is 16.4 Å². The van der Waals surface area contributed by atoms with E-state index in [9.17, 15) is 0 Å². The molecule has 2 nitrogen and oxygen atoms in total. The number of furan rings is 1. The zero-order chi connectivity index (χ0) is 33.7. The van der Waals surface area contributed by atoms with Gasteiger partial charge in [0.05, 0.1) is 10.4 Å². The van der Waals surface area contributed by atoms with Gasteiger partial charge in [-0.05, 0) is 70.3 Å². The monoisotopic (exact) mass is 669 g/mol. The minimum Gasteiger partial charge on any atom is -0.455 e. The first kappa shape index (κ1) is 29.5. The van der Waals surface area contributed by atoms with Crippen molar-refractivity contribution < 1.29 is 4.42 Å². The number of rotatable bonds is 6. The van der Waals surface area contributed by atoms with Crippen molar-refractivity contribution >= 4 is 70.5 Å². The molecule has 10 aromatic rings. The van der Waals surface area contributed by atoms with E-state index < -0.39 is 0 Å². The molecule has 0 spiro atoms. The smallest absolute Gasteiger partial charge is 0.143 e. The van der Waals surface area contributed by atoms with E-state index in [1.807, 2.05) is 17.4 Å². The molecular formula is C48H31NOS. The van der Waals surface area contributed by atoms with Crippen LogP contribution in [0.3, 0.4) is 0 Å². The predicted molar refractivity (Wildman–Crippen MR) is 218 cm³/mol. The van der Waals surface area contributed by atoms with E-state index in [4.69, 9.17) is 4.42 Å². The minimum atomic E-state index is 0.902. The summed E-state index contributed by atoms with van der Waals surface area (Å²) in [5.74, 6) is 0. The Kier molecular flexibility index (Phi) is 7.04. The normalized spacial score (nSPS) is 11.5. The van der Waals surface area contributed by atoms with Gasteiger partial charge in [-0.25, -0.2) is 0 Å². The van der Waals surface area contributed by atoms with Crippen LogP contribution in [0.5, 0.6) is 0 Å². The maximum atomic E-state index is 6.56. The van der Waals surface area contributed by atoms with Gasteiger partial charge in [0.25, 0.3) is 0 Å². The molecule has 0 radical (unpaired) electrons. The number of hydrogen-bond acceptors (Lipinski definition) is 3. The van der Waals surface area contributed by atoms with E-state index >= 15 is 0 Å². The van der Waals surface area contributed by atoms with Crippen LogP contribution in [0.2, 0.25) is 0 Å². The van der Waals surface area contributed by atoms with Gasteiger partial charge in [0.1, 0.15) is 11.2 Å². The van der Waals surface area contributed by atoms with Crippen LogP contribution in [0, 0.1) is 0 Å². The molecule has 2 aromatic heterocycles. The summed E-state index contributed by atoms with van der Waals surface area (Å²) in [6.45, 7) is 0. The number of anilines is 3. The fourth-order valence-corrected chi connectivity index (χ4v) is 8.70. The van der Waals surface area contributed by atoms with E-state index in [1.54, 1.807) is 0 Å². The van der Waals surface area contributed by atoms with E-state index in [-0.39, 0.29) is 0 Å². The van der Waals surface area contributed by atoms with E-state index in [0.717, 1.165) is 61.3 Å². The lowest BCUT2D eigenvalue weighted by molar-refractivity contribution is 0.670. The molecule has 10 rings (SSSR count). The lowest BCUT2D eigenvalue weighted by atomic mass is 9.92. The molecule has 0 amide bonds. The Bertz CT molecular complexity index is 2850. The third-order valence-electron chi connectivity index (χ3n) is 9.90. The second-order valence-electron chi connectivity index (χ2n) is 12.9. The van der Waals surface area contributed by atoms with Crippen molar-refractivity contribution in [3.63, 3.8) is 0 Å². The second kappa shape index (κ2) is 12.2. The van der Waals surface area contributed by atoms with E-state index in [0.29, 0.717) is 0 Å². The summed E-state index contributed by atoms with van der Waals surface area (Å²) < 4.78 is 9.12. The summed E-state index contributed by atoms with van der Waals surface area (Å²) in [6.07, 6.45) is 0. The minimum absolute atomic E-state index is 0.902. The van der Waals surface area contributed by atoms with Crippen LogP contribution in [0.4, 0.5) is 17.1 Å². The summed E-state index contributed by atoms with van der Waals surface area (Å²) in [7, 11) is 0. The lowest BCUT2D eigenvalue weighted by Gasteiger charge is -2.27. The lowest BCUT2D eigenvalue weighted by Crippen LogP contribution is -2.10. The summed E-state index contributed by atoms with van der Waals surface area (Å²) in [5.41, 5.74) is 12.1. The van der Waals surface area contributed by atoms with Crippen molar-refractivity contribution in [3.8, 4) is 33.4 Å². The fraction of sp³-hybridized carbons (Fsp3) is 0. The molecule has 2 heterocycles. The summed E-state index contributed by atoms with van der Waals surface area (Å²) >= 11 is 1.86. The van der Waals surface area contributed by atoms with E-state index in [1.165, 1.54) is 31.3 Å². The molecule has 8 aromatic carbocycles. The van der Waals surface area contributed by atoms with Gasteiger partial charge in [0.2, 0.25) is 0 Å². The predicted octanol–water partition coefficient (Wildman–Crippen LogP) is 14.4. The summed E-state index contributed by atoms with van der Waals surface area (Å²) in [5, 5.41) is 4.82. The Hall–Kier alpha value is -6.42. The molecule has 0 N–H and O–H groups in total. The quantitative estimate of drug-likeness (QED) is 0.175. The average Bonchev–Trinajstić information content (AvgIpc) is 3.78. The molecule has 0 saturated carbocycles. The van der Waals surface area contributed by atoms with Crippen molar-refractivity contribution in [3.05, 3.63) is 188 Å². The Morgan fingerprint density at radius 1 is 0.392 bits per heavy atom. The third kappa shape index (κ3) is 5.01. The maximum Gasteiger partial charge on any atom is 0.143 e. The first-order valence-electron chi connectivity index (χ1n) is 17.3. The second-order valence-corrected chi connectivity index (χ2v) is 13.9. The van der Waals surface area contributed by atoms with Gasteiger partial charge < -0.3 is 9.32 Å². The molecule has 0 aliphatic carbocycles. The van der Waals surface area contributed by atoms with Gasteiger partial charge in [-0.3, -0.25) is 0 Å². The number of hydrogen-bond donors (Lipinski definition) is 0. The van der Waals surface area contributed by atoms with Gasteiger partial charge >= 0.3 is 0 Å². The maximum absolute atomic E-state index is 6.56. The van der Waals surface area contributed by atoms with Crippen molar-refractivity contribution in [2.75, 3.05) is 4.90 Å². The van der Waals surface area contributed by atoms with Crippen LogP contribution in [-0.2, 0) is 0 Å². The summed E-state index contributed by atoms with van der Waals surface area (Å²) in [4.78, 5) is 2.42. The highest BCUT2D eigenvalue weighted by atomic mass is 32.1. The molecule has 3 heteroatoms. The zero-order valence-electron chi connectivity index (χ0n) is 27.7. The van der Waals surface area contributed by atoms with Crippen LogP contribution in [-0.4, -0.2) is 0 Å². The van der Waals surface area contributed by atoms with Crippen molar-refractivity contribution in [2.24, 2.45) is 0 Å². The molecule has 0 aliphatic rings. The van der Waals surface area contributed by atoms with Crippen molar-refractivity contribution in [2.45, 2.75) is 0 Å². The van der Waals surface area contributed by atoms with E-state index in [2.05, 4.69) is 187 Å². The third-order valence-corrected chi connectivity index (χ3v) is 11.1. The van der Waals surface area contributed by atoms with Crippen LogP contribution in [0.15, 0.2) is 192 Å². The molecule has 240 valence electrons. The number of nitrogens with zero attached hydrogens (tertiary/aromatic N) is 1. The average molecular weight is 670 g/mol. The zero-order valence-corrected chi connectivity index (χ0v) is 28.5. The van der Waals surface area contributed by atoms with Crippen molar-refractivity contribution in [1.82, 2.24) is 0 Å². The van der Waals surface area contributed by atoms with Crippen molar-refractivity contribution in [1.29, 1.82) is 0 Å². The highest BCUT2D eigenvalue weighted by Crippen LogP contribution is 2.47. The Labute approximate surface area is 300 Å². The highest BCUT2D eigenvalue weighted by Gasteiger charge is 2.21. The standard InChI is InChI=1S/C48H31NOS/c1-3-13-32(14-4-1)33-25-27-35(28-26-33)49(44-22-12-21-42-39-18-8-10-24-46(39)51-48(42)44)36-29-30-37(43(31-36)34-15-5-2-6-16-34)40-19-11-20-41-38-17-7-9-23-45(38)50-47(40)41/h1-31H. The number of fused-ring (bicyclic) bond motifs is 6. The number of para-hydroxylation sites is 2. The fourth-order valence-electron chi connectivity index (χ4n) is 7.49. The number of thiophene rings is 1. The molecular weight excluding hydrogens is 639 g/mol. The molecule has 0 fully saturated rings. The first-order chi connectivity index (χ1) is 25.3. The molecule has 0 aliphatic heterocycles. The highest BCUT2D eigenvalue weighted by molar-refractivity contribution is 7.26. The SMILES string of the molecule is c1ccc(-c2ccc(N(c3ccc(-c4cccc5c4oc4ccccc45)c(-c4ccccc4)c3)c3cccc4c3sc3ccccc34)cc2)cc1. The van der Waals surface area contributed by atoms with Crippen LogP contribution in [0.1, 0.15) is 0 Å². The van der Waals surface area contributed by atoms with Gasteiger partial charge in [-0.15, -0.1) is 11.3 Å². The van der Waals surface area contributed by atoms with Crippen LogP contribution < -0.4 is 4.90 Å². The van der Waals surface area contributed by atoms with Gasteiger partial charge in [-0.1, -0.05) is 146 Å². The Balaban J connectivity index is 1.21. The van der Waals surface area contributed by atoms with Gasteiger partial charge in [0, 0.05) is 43.2 Å². The number of benzene rings is 8. The first-order valence-corrected chi connectivity index (χ1v) is 18.1. The van der Waals surface area contributed by atoms with Crippen LogP contribution >= 0.6 is 11.3 Å². The molecule has 0 bridgehead atoms. The summed E-state index contributed by atoms with van der Waals surface area (Å²) in [6, 6.07) is 67.4. The largest absolute Gasteiger partial charge is 0.455 e. The van der Waals surface area contributed by atoms with Crippen LogP contribution in [0.25, 0.3) is 75.5 Å². The van der Waals surface area contributed by atoms with Gasteiger partial charge in [0.15, 0.2) is 0 Å².